The van der Waals surface area contributed by atoms with Crippen molar-refractivity contribution in [3.8, 4) is 0 Å². The van der Waals surface area contributed by atoms with Crippen molar-refractivity contribution in [3.63, 3.8) is 0 Å². The molecule has 2 heteroatoms. The lowest BCUT2D eigenvalue weighted by molar-refractivity contribution is -0.0767. The standard InChI is InChI=1S/C11H15NO/c1-11(8-12-9-11)13-7-10-5-3-2-4-6-10/h2-6,12H,7-9H2,1H3. The van der Waals surface area contributed by atoms with Crippen molar-refractivity contribution in [2.24, 2.45) is 0 Å². The van der Waals surface area contributed by atoms with Crippen LogP contribution in [-0.4, -0.2) is 18.7 Å². The smallest absolute Gasteiger partial charge is 0.0906 e. The van der Waals surface area contributed by atoms with Gasteiger partial charge in [0.2, 0.25) is 0 Å². The number of hydrogen-bond donors (Lipinski definition) is 1. The van der Waals surface area contributed by atoms with Crippen LogP contribution in [0.15, 0.2) is 30.3 Å². The minimum Gasteiger partial charge on any atom is -0.368 e. The van der Waals surface area contributed by atoms with Crippen molar-refractivity contribution in [2.45, 2.75) is 19.1 Å². The van der Waals surface area contributed by atoms with Gasteiger partial charge in [-0.05, 0) is 12.5 Å². The van der Waals surface area contributed by atoms with Crippen molar-refractivity contribution >= 4 is 0 Å². The molecular formula is C11H15NO. The molecule has 2 rings (SSSR count). The van der Waals surface area contributed by atoms with Crippen LogP contribution in [0.4, 0.5) is 0 Å². The first-order valence-electron chi connectivity index (χ1n) is 4.67. The molecule has 0 radical (unpaired) electrons. The van der Waals surface area contributed by atoms with Gasteiger partial charge in [0.05, 0.1) is 12.2 Å². The summed E-state index contributed by atoms with van der Waals surface area (Å²) < 4.78 is 5.79. The van der Waals surface area contributed by atoms with Gasteiger partial charge in [-0.3, -0.25) is 0 Å². The van der Waals surface area contributed by atoms with Gasteiger partial charge in [-0.15, -0.1) is 0 Å². The number of nitrogens with one attached hydrogen (secondary N) is 1. The summed E-state index contributed by atoms with van der Waals surface area (Å²) in [5.41, 5.74) is 1.31. The SMILES string of the molecule is CC1(OCc2ccccc2)CNC1. The second-order valence-electron chi connectivity index (χ2n) is 3.83. The Morgan fingerprint density at radius 2 is 2.00 bits per heavy atom. The van der Waals surface area contributed by atoms with E-state index in [1.807, 2.05) is 18.2 Å². The maximum atomic E-state index is 5.79. The first-order chi connectivity index (χ1) is 6.29. The summed E-state index contributed by atoms with van der Waals surface area (Å²) in [5.74, 6) is 0. The molecule has 0 spiro atoms. The van der Waals surface area contributed by atoms with Gasteiger partial charge < -0.3 is 10.1 Å². The molecule has 1 N–H and O–H groups in total. The highest BCUT2D eigenvalue weighted by Gasteiger charge is 2.32. The fraction of sp³-hybridized carbons (Fsp3) is 0.455. The average molecular weight is 177 g/mol. The van der Waals surface area contributed by atoms with Crippen molar-refractivity contribution in [2.75, 3.05) is 13.1 Å². The van der Waals surface area contributed by atoms with E-state index in [0.29, 0.717) is 0 Å². The molecule has 0 atom stereocenters. The molecular weight excluding hydrogens is 162 g/mol. The molecule has 1 saturated heterocycles. The third kappa shape index (κ3) is 2.08. The molecule has 1 aliphatic heterocycles. The van der Waals surface area contributed by atoms with Gasteiger partial charge in [-0.1, -0.05) is 30.3 Å². The van der Waals surface area contributed by atoms with Gasteiger partial charge >= 0.3 is 0 Å². The Kier molecular flexibility index (Phi) is 2.34. The molecule has 0 saturated carbocycles. The van der Waals surface area contributed by atoms with Crippen LogP contribution >= 0.6 is 0 Å². The van der Waals surface area contributed by atoms with Crippen molar-refractivity contribution < 1.29 is 4.74 Å². The van der Waals surface area contributed by atoms with Gasteiger partial charge in [0, 0.05) is 13.1 Å². The molecule has 0 bridgehead atoms. The average Bonchev–Trinajstić information content (AvgIpc) is 2.13. The lowest BCUT2D eigenvalue weighted by atomic mass is 10.00. The monoisotopic (exact) mass is 177 g/mol. The van der Waals surface area contributed by atoms with Crippen molar-refractivity contribution in [1.29, 1.82) is 0 Å². The summed E-state index contributed by atoms with van der Waals surface area (Å²) >= 11 is 0. The molecule has 1 heterocycles. The number of ether oxygens (including phenoxy) is 1. The van der Waals surface area contributed by atoms with E-state index in [9.17, 15) is 0 Å². The molecule has 0 unspecified atom stereocenters. The molecule has 1 aliphatic rings. The summed E-state index contributed by atoms with van der Waals surface area (Å²) in [7, 11) is 0. The van der Waals surface area contributed by atoms with Crippen LogP contribution < -0.4 is 5.32 Å². The zero-order valence-corrected chi connectivity index (χ0v) is 7.92. The number of rotatable bonds is 3. The van der Waals surface area contributed by atoms with E-state index in [4.69, 9.17) is 4.74 Å². The lowest BCUT2D eigenvalue weighted by Gasteiger charge is -2.39. The van der Waals surface area contributed by atoms with Crippen LogP contribution in [0.5, 0.6) is 0 Å². The molecule has 2 nitrogen and oxygen atoms in total. The van der Waals surface area contributed by atoms with E-state index < -0.39 is 0 Å². The third-order valence-electron chi connectivity index (χ3n) is 2.43. The zero-order valence-electron chi connectivity index (χ0n) is 7.92. The normalized spacial score (nSPS) is 19.5. The molecule has 1 fully saturated rings. The summed E-state index contributed by atoms with van der Waals surface area (Å²) in [6.07, 6.45) is 0. The molecule has 0 aromatic heterocycles. The highest BCUT2D eigenvalue weighted by Crippen LogP contribution is 2.17. The van der Waals surface area contributed by atoms with Crippen LogP contribution in [-0.2, 0) is 11.3 Å². The Morgan fingerprint density at radius 3 is 2.54 bits per heavy atom. The second-order valence-corrected chi connectivity index (χ2v) is 3.83. The Balaban J connectivity index is 1.86. The predicted molar refractivity (Wildman–Crippen MR) is 52.5 cm³/mol. The molecule has 1 aromatic carbocycles. The van der Waals surface area contributed by atoms with Gasteiger partial charge in [0.1, 0.15) is 0 Å². The van der Waals surface area contributed by atoms with Crippen LogP contribution in [0.3, 0.4) is 0 Å². The highest BCUT2D eigenvalue weighted by molar-refractivity contribution is 5.13. The van der Waals surface area contributed by atoms with Gasteiger partial charge in [0.15, 0.2) is 0 Å². The van der Waals surface area contributed by atoms with E-state index in [0.717, 1.165) is 19.7 Å². The van der Waals surface area contributed by atoms with Crippen LogP contribution in [0.1, 0.15) is 12.5 Å². The van der Waals surface area contributed by atoms with Crippen LogP contribution in [0, 0.1) is 0 Å². The molecule has 0 aliphatic carbocycles. The van der Waals surface area contributed by atoms with E-state index in [2.05, 4.69) is 24.4 Å². The third-order valence-corrected chi connectivity index (χ3v) is 2.43. The zero-order chi connectivity index (χ0) is 9.15. The number of hydrogen-bond acceptors (Lipinski definition) is 2. The molecule has 0 amide bonds. The fourth-order valence-electron chi connectivity index (χ4n) is 1.41. The van der Waals surface area contributed by atoms with Crippen molar-refractivity contribution in [3.05, 3.63) is 35.9 Å². The topological polar surface area (TPSA) is 21.3 Å². The van der Waals surface area contributed by atoms with Gasteiger partial charge in [0.25, 0.3) is 0 Å². The summed E-state index contributed by atoms with van der Waals surface area (Å²) in [5, 5.41) is 3.21. The van der Waals surface area contributed by atoms with E-state index >= 15 is 0 Å². The summed E-state index contributed by atoms with van der Waals surface area (Å²) in [6.45, 7) is 4.81. The first kappa shape index (κ1) is 8.73. The Bertz CT molecular complexity index is 267. The van der Waals surface area contributed by atoms with E-state index in [-0.39, 0.29) is 5.60 Å². The minimum atomic E-state index is 0.0653. The Labute approximate surface area is 78.9 Å². The molecule has 13 heavy (non-hydrogen) atoms. The lowest BCUT2D eigenvalue weighted by Crippen LogP contribution is -2.58. The fourth-order valence-corrected chi connectivity index (χ4v) is 1.41. The molecule has 70 valence electrons. The first-order valence-corrected chi connectivity index (χ1v) is 4.67. The van der Waals surface area contributed by atoms with Crippen molar-refractivity contribution in [1.82, 2.24) is 5.32 Å². The number of benzene rings is 1. The van der Waals surface area contributed by atoms with Crippen LogP contribution in [0.2, 0.25) is 0 Å². The maximum absolute atomic E-state index is 5.79. The summed E-state index contributed by atoms with van der Waals surface area (Å²) in [6, 6.07) is 10.3. The second kappa shape index (κ2) is 3.48. The van der Waals surface area contributed by atoms with E-state index in [1.165, 1.54) is 5.56 Å². The van der Waals surface area contributed by atoms with Gasteiger partial charge in [-0.25, -0.2) is 0 Å². The summed E-state index contributed by atoms with van der Waals surface area (Å²) in [4.78, 5) is 0. The van der Waals surface area contributed by atoms with Crippen LogP contribution in [0.25, 0.3) is 0 Å². The Morgan fingerprint density at radius 1 is 1.31 bits per heavy atom. The Hall–Kier alpha value is -0.860. The van der Waals surface area contributed by atoms with Gasteiger partial charge in [-0.2, -0.15) is 0 Å². The minimum absolute atomic E-state index is 0.0653. The molecule has 1 aromatic rings. The predicted octanol–water partition coefficient (Wildman–Crippen LogP) is 1.57. The van der Waals surface area contributed by atoms with E-state index in [1.54, 1.807) is 0 Å². The quantitative estimate of drug-likeness (QED) is 0.756. The maximum Gasteiger partial charge on any atom is 0.0906 e. The highest BCUT2D eigenvalue weighted by atomic mass is 16.5. The largest absolute Gasteiger partial charge is 0.368 e.